The zero-order valence-electron chi connectivity index (χ0n) is 11.6. The maximum atomic E-state index is 12.2. The molecule has 2 aromatic rings. The van der Waals surface area contributed by atoms with Crippen LogP contribution in [0.3, 0.4) is 0 Å². The zero-order chi connectivity index (χ0) is 14.8. The molecule has 2 heterocycles. The normalized spacial score (nSPS) is 17.9. The number of rotatable bonds is 4. The first-order valence-corrected chi connectivity index (χ1v) is 7.21. The van der Waals surface area contributed by atoms with Crippen LogP contribution in [-0.2, 0) is 17.8 Å². The molecule has 1 aromatic heterocycles. The van der Waals surface area contributed by atoms with Crippen LogP contribution < -0.4 is 10.1 Å². The molecule has 0 saturated heterocycles. The van der Waals surface area contributed by atoms with Crippen LogP contribution in [0.5, 0.6) is 5.75 Å². The first kappa shape index (κ1) is 13.9. The molecule has 0 unspecified atom stereocenters. The molecule has 2 atom stereocenters. The molecule has 1 N–H and O–H groups in total. The number of nitrogens with one attached hydrogen (secondary N) is 1. The van der Waals surface area contributed by atoms with E-state index in [1.807, 2.05) is 23.8 Å². The molecule has 0 bridgehead atoms. The molecule has 0 aliphatic carbocycles. The maximum absolute atomic E-state index is 12.2. The Kier molecular flexibility index (Phi) is 3.84. The van der Waals surface area contributed by atoms with Gasteiger partial charge in [-0.15, -0.1) is 0 Å². The number of benzene rings is 1. The minimum absolute atomic E-state index is 0.00241. The summed E-state index contributed by atoms with van der Waals surface area (Å²) < 4.78 is 7.60. The zero-order valence-corrected chi connectivity index (χ0v) is 12.4. The third-order valence-electron chi connectivity index (χ3n) is 3.42. The highest BCUT2D eigenvalue weighted by Crippen LogP contribution is 2.31. The molecule has 110 valence electrons. The van der Waals surface area contributed by atoms with Crippen LogP contribution in [0.4, 0.5) is 0 Å². The number of carbonyl (C=O) groups is 1. The van der Waals surface area contributed by atoms with E-state index in [1.165, 1.54) is 0 Å². The van der Waals surface area contributed by atoms with Gasteiger partial charge in [0.2, 0.25) is 0 Å². The second kappa shape index (κ2) is 5.77. The maximum Gasteiger partial charge on any atom is 0.261 e. The van der Waals surface area contributed by atoms with Gasteiger partial charge in [0.25, 0.3) is 5.91 Å². The van der Waals surface area contributed by atoms with Gasteiger partial charge in [-0.05, 0) is 30.7 Å². The first-order valence-electron chi connectivity index (χ1n) is 6.83. The monoisotopic (exact) mass is 305 g/mol. The Labute approximate surface area is 127 Å². The van der Waals surface area contributed by atoms with Crippen LogP contribution >= 0.6 is 11.6 Å². The predicted molar refractivity (Wildman–Crippen MR) is 79.4 cm³/mol. The van der Waals surface area contributed by atoms with Crippen LogP contribution in [0.2, 0.25) is 5.02 Å². The van der Waals surface area contributed by atoms with Gasteiger partial charge in [0.05, 0.1) is 6.33 Å². The number of amides is 1. The van der Waals surface area contributed by atoms with E-state index in [4.69, 9.17) is 16.3 Å². The molecule has 5 nitrogen and oxygen atoms in total. The lowest BCUT2D eigenvalue weighted by molar-refractivity contribution is -0.127. The van der Waals surface area contributed by atoms with Crippen LogP contribution in [0.25, 0.3) is 0 Å². The van der Waals surface area contributed by atoms with E-state index in [2.05, 4.69) is 10.3 Å². The van der Waals surface area contributed by atoms with Crippen molar-refractivity contribution >= 4 is 17.5 Å². The fraction of sp³-hybridized carbons (Fsp3) is 0.333. The van der Waals surface area contributed by atoms with Gasteiger partial charge in [-0.3, -0.25) is 4.79 Å². The van der Waals surface area contributed by atoms with Crippen molar-refractivity contribution in [2.24, 2.45) is 0 Å². The SMILES string of the molecule is C[C@@H](Cn1ccnc1)NC(=O)[C@H]1Cc2cc(Cl)ccc2O1. The Morgan fingerprint density at radius 2 is 2.48 bits per heavy atom. The number of hydrogen-bond acceptors (Lipinski definition) is 3. The quantitative estimate of drug-likeness (QED) is 0.940. The van der Waals surface area contributed by atoms with E-state index in [0.29, 0.717) is 18.0 Å². The van der Waals surface area contributed by atoms with Gasteiger partial charge in [0.1, 0.15) is 5.75 Å². The summed E-state index contributed by atoms with van der Waals surface area (Å²) in [6.45, 7) is 2.63. The fourth-order valence-corrected chi connectivity index (χ4v) is 2.65. The topological polar surface area (TPSA) is 56.2 Å². The van der Waals surface area contributed by atoms with Gasteiger partial charge in [-0.2, -0.15) is 0 Å². The summed E-state index contributed by atoms with van der Waals surface area (Å²) >= 11 is 5.95. The number of carbonyl (C=O) groups excluding carboxylic acids is 1. The summed E-state index contributed by atoms with van der Waals surface area (Å²) in [5.74, 6) is 0.636. The molecule has 1 aromatic carbocycles. The number of hydrogen-bond donors (Lipinski definition) is 1. The second-order valence-electron chi connectivity index (χ2n) is 5.23. The molecule has 1 aliphatic heterocycles. The van der Waals surface area contributed by atoms with Crippen molar-refractivity contribution in [2.45, 2.75) is 32.0 Å². The summed E-state index contributed by atoms with van der Waals surface area (Å²) in [4.78, 5) is 16.2. The lowest BCUT2D eigenvalue weighted by Gasteiger charge is -2.17. The van der Waals surface area contributed by atoms with Gasteiger partial charge in [-0.25, -0.2) is 4.98 Å². The Balaban J connectivity index is 1.57. The smallest absolute Gasteiger partial charge is 0.261 e. The lowest BCUT2D eigenvalue weighted by Crippen LogP contribution is -2.43. The Hall–Kier alpha value is -2.01. The number of ether oxygens (including phenoxy) is 1. The Morgan fingerprint density at radius 1 is 1.62 bits per heavy atom. The van der Waals surface area contributed by atoms with E-state index in [9.17, 15) is 4.79 Å². The van der Waals surface area contributed by atoms with Gasteiger partial charge in [0.15, 0.2) is 6.10 Å². The average molecular weight is 306 g/mol. The molecule has 0 saturated carbocycles. The largest absolute Gasteiger partial charge is 0.480 e. The number of nitrogens with zero attached hydrogens (tertiary/aromatic N) is 2. The van der Waals surface area contributed by atoms with Crippen molar-refractivity contribution < 1.29 is 9.53 Å². The highest BCUT2D eigenvalue weighted by Gasteiger charge is 2.29. The lowest BCUT2D eigenvalue weighted by atomic mass is 10.1. The first-order chi connectivity index (χ1) is 10.1. The van der Waals surface area contributed by atoms with Gasteiger partial charge >= 0.3 is 0 Å². The van der Waals surface area contributed by atoms with Crippen molar-refractivity contribution in [3.63, 3.8) is 0 Å². The van der Waals surface area contributed by atoms with E-state index in [0.717, 1.165) is 11.3 Å². The third-order valence-corrected chi connectivity index (χ3v) is 3.66. The highest BCUT2D eigenvalue weighted by atomic mass is 35.5. The molecule has 0 fully saturated rings. The molecular weight excluding hydrogens is 290 g/mol. The Bertz CT molecular complexity index is 642. The van der Waals surface area contributed by atoms with E-state index in [1.54, 1.807) is 24.7 Å². The van der Waals surface area contributed by atoms with Crippen molar-refractivity contribution in [1.29, 1.82) is 0 Å². The number of aromatic nitrogens is 2. The van der Waals surface area contributed by atoms with E-state index in [-0.39, 0.29) is 11.9 Å². The van der Waals surface area contributed by atoms with Crippen LogP contribution in [0.1, 0.15) is 12.5 Å². The van der Waals surface area contributed by atoms with Crippen LogP contribution in [0, 0.1) is 0 Å². The Morgan fingerprint density at radius 3 is 3.24 bits per heavy atom. The van der Waals surface area contributed by atoms with Crippen molar-refractivity contribution in [3.8, 4) is 5.75 Å². The average Bonchev–Trinajstić information content (AvgIpc) is 3.06. The predicted octanol–water partition coefficient (Wildman–Crippen LogP) is 2.04. The number of halogens is 1. The minimum atomic E-state index is -0.483. The molecule has 3 rings (SSSR count). The fourth-order valence-electron chi connectivity index (χ4n) is 2.46. The van der Waals surface area contributed by atoms with Crippen molar-refractivity contribution in [2.75, 3.05) is 0 Å². The third kappa shape index (κ3) is 3.19. The molecule has 21 heavy (non-hydrogen) atoms. The molecular formula is C15H16ClN3O2. The highest BCUT2D eigenvalue weighted by molar-refractivity contribution is 6.30. The summed E-state index contributed by atoms with van der Waals surface area (Å²) in [6, 6.07) is 5.42. The van der Waals surface area contributed by atoms with Crippen LogP contribution in [0.15, 0.2) is 36.9 Å². The minimum Gasteiger partial charge on any atom is -0.480 e. The molecule has 0 radical (unpaired) electrons. The molecule has 1 aliphatic rings. The second-order valence-corrected chi connectivity index (χ2v) is 5.67. The summed E-state index contributed by atoms with van der Waals surface area (Å²) in [5, 5.41) is 3.62. The number of fused-ring (bicyclic) bond motifs is 1. The number of imidazole rings is 1. The van der Waals surface area contributed by atoms with Crippen LogP contribution in [-0.4, -0.2) is 27.6 Å². The summed E-state index contributed by atoms with van der Waals surface area (Å²) in [7, 11) is 0. The standard InChI is InChI=1S/C15H16ClN3O2/c1-10(8-19-5-4-17-9-19)18-15(20)14-7-11-6-12(16)2-3-13(11)21-14/h2-6,9-10,14H,7-8H2,1H3,(H,18,20)/t10-,14+/m0/s1. The molecule has 1 amide bonds. The molecule has 6 heteroatoms. The van der Waals surface area contributed by atoms with Crippen molar-refractivity contribution in [1.82, 2.24) is 14.9 Å². The van der Waals surface area contributed by atoms with Gasteiger partial charge < -0.3 is 14.6 Å². The van der Waals surface area contributed by atoms with E-state index < -0.39 is 6.10 Å². The summed E-state index contributed by atoms with van der Waals surface area (Å²) in [6.07, 6.45) is 5.39. The molecule has 0 spiro atoms. The van der Waals surface area contributed by atoms with Crippen molar-refractivity contribution in [3.05, 3.63) is 47.5 Å². The van der Waals surface area contributed by atoms with Gasteiger partial charge in [0, 0.05) is 36.4 Å². The van der Waals surface area contributed by atoms with E-state index >= 15 is 0 Å². The summed E-state index contributed by atoms with van der Waals surface area (Å²) in [5.41, 5.74) is 0.977. The van der Waals surface area contributed by atoms with Gasteiger partial charge in [-0.1, -0.05) is 11.6 Å².